The Labute approximate surface area is 102 Å². The van der Waals surface area contributed by atoms with E-state index in [-0.39, 0.29) is 0 Å². The molecule has 1 aliphatic heterocycles. The second kappa shape index (κ2) is 6.61. The Bertz CT molecular complexity index is 185. The molecule has 0 amide bonds. The first-order valence-corrected chi connectivity index (χ1v) is 7.09. The summed E-state index contributed by atoms with van der Waals surface area (Å²) in [5, 5.41) is 3.77. The lowest BCUT2D eigenvalue weighted by molar-refractivity contribution is 0.190. The van der Waals surface area contributed by atoms with E-state index in [1.807, 2.05) is 0 Å². The first-order valence-electron chi connectivity index (χ1n) is 7.09. The molecule has 16 heavy (non-hydrogen) atoms. The van der Waals surface area contributed by atoms with E-state index in [0.29, 0.717) is 5.54 Å². The zero-order chi connectivity index (χ0) is 12.0. The third-order valence-corrected chi connectivity index (χ3v) is 4.05. The topological polar surface area (TPSA) is 15.3 Å². The molecule has 1 aliphatic rings. The molecule has 0 unspecified atom stereocenters. The first kappa shape index (κ1) is 14.0. The minimum absolute atomic E-state index is 0.382. The van der Waals surface area contributed by atoms with Crippen molar-refractivity contribution in [3.63, 3.8) is 0 Å². The van der Waals surface area contributed by atoms with Gasteiger partial charge in [-0.25, -0.2) is 0 Å². The molecule has 0 saturated carbocycles. The smallest absolute Gasteiger partial charge is 0.0303 e. The summed E-state index contributed by atoms with van der Waals surface area (Å²) in [7, 11) is 0. The molecule has 0 aromatic carbocycles. The van der Waals surface area contributed by atoms with Crippen molar-refractivity contribution in [2.45, 2.75) is 58.9 Å². The highest BCUT2D eigenvalue weighted by Gasteiger charge is 2.29. The summed E-state index contributed by atoms with van der Waals surface area (Å²) in [5.41, 5.74) is 0.382. The second-order valence-corrected chi connectivity index (χ2v) is 5.73. The van der Waals surface area contributed by atoms with Gasteiger partial charge in [-0.05, 0) is 51.2 Å². The number of rotatable bonds is 5. The van der Waals surface area contributed by atoms with Crippen LogP contribution >= 0.6 is 0 Å². The van der Waals surface area contributed by atoms with Crippen LogP contribution in [0, 0.1) is 5.92 Å². The molecule has 0 aromatic heterocycles. The van der Waals surface area contributed by atoms with Crippen molar-refractivity contribution in [2.75, 3.05) is 26.2 Å². The molecule has 1 fully saturated rings. The fraction of sp³-hybridized carbons (Fsp3) is 1.00. The molecule has 0 spiro atoms. The highest BCUT2D eigenvalue weighted by atomic mass is 15.2. The van der Waals surface area contributed by atoms with E-state index >= 15 is 0 Å². The fourth-order valence-corrected chi connectivity index (χ4v) is 2.57. The van der Waals surface area contributed by atoms with Crippen LogP contribution in [0.1, 0.15) is 53.4 Å². The summed E-state index contributed by atoms with van der Waals surface area (Å²) >= 11 is 0. The largest absolute Gasteiger partial charge is 0.310 e. The molecule has 0 bridgehead atoms. The molecule has 0 atom stereocenters. The molecule has 0 radical (unpaired) electrons. The minimum Gasteiger partial charge on any atom is -0.310 e. The van der Waals surface area contributed by atoms with Crippen LogP contribution in [0.4, 0.5) is 0 Å². The molecule has 0 aliphatic carbocycles. The van der Waals surface area contributed by atoms with Gasteiger partial charge in [-0.1, -0.05) is 27.7 Å². The fourth-order valence-electron chi connectivity index (χ4n) is 2.57. The van der Waals surface area contributed by atoms with E-state index in [1.165, 1.54) is 51.9 Å². The Morgan fingerprint density at radius 1 is 1.25 bits per heavy atom. The predicted molar refractivity (Wildman–Crippen MR) is 71.8 cm³/mol. The Balaban J connectivity index is 2.51. The molecular formula is C14H30N2. The molecule has 1 N–H and O–H groups in total. The SMILES string of the molecule is CCC1(CC)CN(CCC(C)C)CCCN1. The van der Waals surface area contributed by atoms with Crippen molar-refractivity contribution in [2.24, 2.45) is 5.92 Å². The predicted octanol–water partition coefficient (Wildman–Crippen LogP) is 2.89. The van der Waals surface area contributed by atoms with Crippen molar-refractivity contribution >= 4 is 0 Å². The molecule has 1 rings (SSSR count). The quantitative estimate of drug-likeness (QED) is 0.775. The number of hydrogen-bond donors (Lipinski definition) is 1. The monoisotopic (exact) mass is 226 g/mol. The van der Waals surface area contributed by atoms with Gasteiger partial charge >= 0.3 is 0 Å². The summed E-state index contributed by atoms with van der Waals surface area (Å²) < 4.78 is 0. The second-order valence-electron chi connectivity index (χ2n) is 5.73. The van der Waals surface area contributed by atoms with Crippen molar-refractivity contribution < 1.29 is 0 Å². The van der Waals surface area contributed by atoms with Gasteiger partial charge in [0.1, 0.15) is 0 Å². The lowest BCUT2D eigenvalue weighted by Gasteiger charge is -2.35. The summed E-state index contributed by atoms with van der Waals surface area (Å²) in [6, 6.07) is 0. The van der Waals surface area contributed by atoms with E-state index < -0.39 is 0 Å². The normalized spacial score (nSPS) is 22.3. The lowest BCUT2D eigenvalue weighted by Crippen LogP contribution is -2.50. The molecule has 2 heteroatoms. The minimum atomic E-state index is 0.382. The summed E-state index contributed by atoms with van der Waals surface area (Å²) in [6.07, 6.45) is 5.15. The maximum atomic E-state index is 3.77. The lowest BCUT2D eigenvalue weighted by atomic mass is 9.92. The first-order chi connectivity index (χ1) is 7.62. The van der Waals surface area contributed by atoms with Gasteiger partial charge in [0.2, 0.25) is 0 Å². The van der Waals surface area contributed by atoms with Crippen LogP contribution in [0.25, 0.3) is 0 Å². The van der Waals surface area contributed by atoms with Gasteiger partial charge in [0.25, 0.3) is 0 Å². The van der Waals surface area contributed by atoms with Crippen LogP contribution in [0.2, 0.25) is 0 Å². The van der Waals surface area contributed by atoms with Crippen molar-refractivity contribution in [3.8, 4) is 0 Å². The van der Waals surface area contributed by atoms with Gasteiger partial charge in [0.15, 0.2) is 0 Å². The van der Waals surface area contributed by atoms with E-state index in [1.54, 1.807) is 0 Å². The zero-order valence-corrected chi connectivity index (χ0v) is 11.7. The zero-order valence-electron chi connectivity index (χ0n) is 11.7. The van der Waals surface area contributed by atoms with E-state index in [2.05, 4.69) is 37.9 Å². The summed E-state index contributed by atoms with van der Waals surface area (Å²) in [5.74, 6) is 0.828. The average molecular weight is 226 g/mol. The molecule has 96 valence electrons. The maximum absolute atomic E-state index is 3.77. The van der Waals surface area contributed by atoms with E-state index in [0.717, 1.165) is 5.92 Å². The average Bonchev–Trinajstić information content (AvgIpc) is 2.49. The van der Waals surface area contributed by atoms with Gasteiger partial charge in [-0.2, -0.15) is 0 Å². The Kier molecular flexibility index (Phi) is 5.77. The van der Waals surface area contributed by atoms with Gasteiger partial charge < -0.3 is 10.2 Å². The number of nitrogens with zero attached hydrogens (tertiary/aromatic N) is 1. The highest BCUT2D eigenvalue weighted by molar-refractivity contribution is 4.91. The van der Waals surface area contributed by atoms with Gasteiger partial charge in [-0.15, -0.1) is 0 Å². The molecule has 2 nitrogen and oxygen atoms in total. The van der Waals surface area contributed by atoms with Gasteiger partial charge in [0, 0.05) is 12.1 Å². The highest BCUT2D eigenvalue weighted by Crippen LogP contribution is 2.20. The maximum Gasteiger partial charge on any atom is 0.0303 e. The van der Waals surface area contributed by atoms with Crippen LogP contribution in [0.5, 0.6) is 0 Å². The molecule has 1 saturated heterocycles. The Hall–Kier alpha value is -0.0800. The van der Waals surface area contributed by atoms with Crippen molar-refractivity contribution in [3.05, 3.63) is 0 Å². The van der Waals surface area contributed by atoms with Crippen molar-refractivity contribution in [1.29, 1.82) is 0 Å². The van der Waals surface area contributed by atoms with Crippen LogP contribution in [0.3, 0.4) is 0 Å². The van der Waals surface area contributed by atoms with Crippen LogP contribution in [-0.2, 0) is 0 Å². The standard InChI is InChI=1S/C14H30N2/c1-5-14(6-2)12-16(10-7-9-15-14)11-8-13(3)4/h13,15H,5-12H2,1-4H3. The molecule has 1 heterocycles. The molecule has 0 aromatic rings. The third-order valence-electron chi connectivity index (χ3n) is 4.05. The van der Waals surface area contributed by atoms with Gasteiger partial charge in [-0.3, -0.25) is 0 Å². The van der Waals surface area contributed by atoms with Gasteiger partial charge in [0.05, 0.1) is 0 Å². The Morgan fingerprint density at radius 3 is 2.50 bits per heavy atom. The number of nitrogens with one attached hydrogen (secondary N) is 1. The van der Waals surface area contributed by atoms with Crippen molar-refractivity contribution in [1.82, 2.24) is 10.2 Å². The van der Waals surface area contributed by atoms with Crippen LogP contribution in [-0.4, -0.2) is 36.6 Å². The summed E-state index contributed by atoms with van der Waals surface area (Å²) in [4.78, 5) is 2.67. The Morgan fingerprint density at radius 2 is 1.94 bits per heavy atom. The summed E-state index contributed by atoms with van der Waals surface area (Å²) in [6.45, 7) is 14.3. The van der Waals surface area contributed by atoms with E-state index in [9.17, 15) is 0 Å². The molecular weight excluding hydrogens is 196 g/mol. The van der Waals surface area contributed by atoms with Crippen LogP contribution < -0.4 is 5.32 Å². The van der Waals surface area contributed by atoms with Crippen LogP contribution in [0.15, 0.2) is 0 Å². The van der Waals surface area contributed by atoms with E-state index in [4.69, 9.17) is 0 Å². The third kappa shape index (κ3) is 4.06. The number of hydrogen-bond acceptors (Lipinski definition) is 2.